The van der Waals surface area contributed by atoms with Crippen LogP contribution >= 0.6 is 0 Å². The molecule has 0 aromatic heterocycles. The zero-order valence-electron chi connectivity index (χ0n) is 20.0. The largest absolute Gasteiger partial charge is 0.741 e. The lowest BCUT2D eigenvalue weighted by Crippen LogP contribution is -2.78. The van der Waals surface area contributed by atoms with Crippen LogP contribution in [0, 0.1) is 0 Å². The van der Waals surface area contributed by atoms with Crippen molar-refractivity contribution in [2.75, 3.05) is 13.7 Å². The van der Waals surface area contributed by atoms with Crippen LogP contribution in [0.15, 0.2) is 24.3 Å². The number of nitrogens with one attached hydrogen (secondary N) is 4. The molecule has 0 aliphatic carbocycles. The summed E-state index contributed by atoms with van der Waals surface area (Å²) in [7, 11) is -4.79. The second-order valence-corrected chi connectivity index (χ2v) is 9.09. The summed E-state index contributed by atoms with van der Waals surface area (Å²) in [6.45, 7) is 0.702. The predicted octanol–water partition coefficient (Wildman–Crippen LogP) is -3.35. The number of carbonyl (C=O) groups is 4. The van der Waals surface area contributed by atoms with E-state index in [-0.39, 0.29) is 30.7 Å². The van der Waals surface area contributed by atoms with Gasteiger partial charge in [0, 0.05) is 6.54 Å². The highest BCUT2D eigenvalue weighted by molar-refractivity contribution is 7.86. The third kappa shape index (κ3) is 11.0. The van der Waals surface area contributed by atoms with Crippen molar-refractivity contribution in [1.82, 2.24) is 16.0 Å². The van der Waals surface area contributed by atoms with Gasteiger partial charge in [-0.1, -0.05) is 12.1 Å². The van der Waals surface area contributed by atoms with Crippen molar-refractivity contribution in [1.29, 1.82) is 0 Å². The number of hydrogen-bond donors (Lipinski definition) is 6. The van der Waals surface area contributed by atoms with Gasteiger partial charge in [-0.2, -0.15) is 13.2 Å². The lowest BCUT2D eigenvalue weighted by Gasteiger charge is -2.29. The minimum atomic E-state index is -6.09. The van der Waals surface area contributed by atoms with E-state index in [0.717, 1.165) is 5.56 Å². The van der Waals surface area contributed by atoms with Gasteiger partial charge in [0.05, 0.1) is 25.6 Å². The third-order valence-corrected chi connectivity index (χ3v) is 5.37. The molecule has 14 nitrogen and oxygen atoms in total. The van der Waals surface area contributed by atoms with Crippen molar-refractivity contribution in [3.05, 3.63) is 35.4 Å². The molecule has 1 aromatic carbocycles. The normalized spacial score (nSPS) is 17.2. The van der Waals surface area contributed by atoms with E-state index in [9.17, 15) is 32.3 Å². The maximum atomic E-state index is 12.2. The van der Waals surface area contributed by atoms with Crippen molar-refractivity contribution >= 4 is 39.8 Å². The lowest BCUT2D eigenvalue weighted by molar-refractivity contribution is -0.459. The van der Waals surface area contributed by atoms with Crippen molar-refractivity contribution in [2.45, 2.75) is 43.4 Å². The number of piperazine rings is 1. The molecule has 1 aliphatic heterocycles. The molecule has 1 aliphatic rings. The zero-order chi connectivity index (χ0) is 29.1. The average molecular weight is 569 g/mol. The summed E-state index contributed by atoms with van der Waals surface area (Å²) in [4.78, 5) is 50.7. The molecule has 0 spiro atoms. The van der Waals surface area contributed by atoms with Crippen molar-refractivity contribution in [3.63, 3.8) is 0 Å². The number of rotatable bonds is 9. The van der Waals surface area contributed by atoms with Crippen molar-refractivity contribution in [3.8, 4) is 0 Å². The fourth-order valence-corrected chi connectivity index (χ4v) is 2.90. The molecule has 1 heterocycles. The predicted molar refractivity (Wildman–Crippen MR) is 122 cm³/mol. The van der Waals surface area contributed by atoms with Gasteiger partial charge in [-0.25, -0.2) is 13.2 Å². The zero-order valence-corrected chi connectivity index (χ0v) is 20.8. The summed E-state index contributed by atoms with van der Waals surface area (Å²) in [6.07, 6.45) is 0.819. The Labute approximate surface area is 215 Å². The van der Waals surface area contributed by atoms with E-state index in [1.807, 2.05) is 0 Å². The first-order chi connectivity index (χ1) is 17.5. The molecule has 1 aromatic rings. The van der Waals surface area contributed by atoms with Gasteiger partial charge in [-0.05, 0) is 30.5 Å². The monoisotopic (exact) mass is 568 g/mol. The molecule has 2 rings (SSSR count). The molecule has 0 bridgehead atoms. The molecule has 18 heteroatoms. The molecule has 8 N–H and O–H groups in total. The van der Waals surface area contributed by atoms with Crippen LogP contribution in [-0.2, 0) is 35.8 Å². The van der Waals surface area contributed by atoms with E-state index in [2.05, 4.69) is 25.7 Å². The molecule has 2 atom stereocenters. The summed E-state index contributed by atoms with van der Waals surface area (Å²) in [6, 6.07) is 4.98. The minimum Gasteiger partial charge on any atom is -0.741 e. The second-order valence-electron chi connectivity index (χ2n) is 7.72. The highest BCUT2D eigenvalue weighted by Crippen LogP contribution is 2.20. The number of benzene rings is 1. The van der Waals surface area contributed by atoms with Crippen LogP contribution in [0.5, 0.6) is 0 Å². The number of ether oxygens (including phenoxy) is 1. The number of carbonyl (C=O) groups excluding carboxylic acids is 4. The number of esters is 1. The molecule has 0 radical (unpaired) electrons. The quantitative estimate of drug-likeness (QED) is 0.0432. The van der Waals surface area contributed by atoms with Crippen LogP contribution in [0.4, 0.5) is 13.2 Å². The summed E-state index contributed by atoms with van der Waals surface area (Å²) in [5.74, 6) is -1.48. The number of methoxy groups -OCH3 is 1. The summed E-state index contributed by atoms with van der Waals surface area (Å²) in [5, 5.41) is 7.90. The van der Waals surface area contributed by atoms with Crippen molar-refractivity contribution in [2.24, 2.45) is 11.5 Å². The Morgan fingerprint density at radius 3 is 2.13 bits per heavy atom. The Morgan fingerprint density at radius 1 is 1.11 bits per heavy atom. The smallest absolute Gasteiger partial charge is 0.485 e. The first kappa shape index (κ1) is 32.1. The fraction of sp³-hybridized carbons (Fsp3) is 0.450. The number of hydrogen-bond acceptors (Lipinski definition) is 8. The first-order valence-electron chi connectivity index (χ1n) is 10.7. The first-order valence-corrected chi connectivity index (χ1v) is 12.1. The molecule has 1 fully saturated rings. The molecule has 0 unspecified atom stereocenters. The van der Waals surface area contributed by atoms with Gasteiger partial charge in [0.1, 0.15) is 12.1 Å². The van der Waals surface area contributed by atoms with Crippen LogP contribution in [0.1, 0.15) is 35.2 Å². The highest BCUT2D eigenvalue weighted by atomic mass is 32.2. The SMILES string of the molecule is COC(=O)c1ccc(CNC(=O)C[C@@H]2NC(=O)[C@H](CCC[NH+]=C(N)N)NC2=O)cc1.O=S(=O)([O-])C(F)(F)F. The number of guanidine groups is 1. The van der Waals surface area contributed by atoms with E-state index in [4.69, 9.17) is 24.4 Å². The molecule has 38 heavy (non-hydrogen) atoms. The fourth-order valence-electron chi connectivity index (χ4n) is 2.90. The Hall–Kier alpha value is -3.93. The Morgan fingerprint density at radius 2 is 1.63 bits per heavy atom. The van der Waals surface area contributed by atoms with Gasteiger partial charge >= 0.3 is 17.4 Å². The highest BCUT2D eigenvalue weighted by Gasteiger charge is 2.37. The van der Waals surface area contributed by atoms with Crippen LogP contribution < -0.4 is 32.4 Å². The Balaban J connectivity index is 0.000000781. The third-order valence-electron chi connectivity index (χ3n) is 4.80. The van der Waals surface area contributed by atoms with Crippen LogP contribution in [0.25, 0.3) is 0 Å². The molecule has 0 saturated carbocycles. The topological polar surface area (TPSA) is 237 Å². The standard InChI is InChI=1S/C19H26N6O5.CHF3O3S/c1-30-18(29)12-6-4-11(5-7-12)10-23-15(26)9-14-17(28)24-13(16(27)25-14)3-2-8-22-19(20)21;2-1(3,4)8(5,6)7/h4-7,13-14H,2-3,8-10H2,1H3,(H,23,26)(H,24,28)(H,25,27)(H4,20,21,22);(H,5,6,7)/t13-,14-;/m0./s1. The Kier molecular flexibility index (Phi) is 11.9. The summed E-state index contributed by atoms with van der Waals surface area (Å²) >= 11 is 0. The maximum absolute atomic E-state index is 12.2. The lowest BCUT2D eigenvalue weighted by atomic mass is 10.0. The van der Waals surface area contributed by atoms with E-state index >= 15 is 0 Å². The number of amides is 3. The minimum absolute atomic E-state index is 0.0950. The van der Waals surface area contributed by atoms with Crippen LogP contribution in [0.2, 0.25) is 0 Å². The summed E-state index contributed by atoms with van der Waals surface area (Å²) < 4.78 is 63.5. The average Bonchev–Trinajstić information content (AvgIpc) is 2.82. The van der Waals surface area contributed by atoms with Gasteiger partial charge in [0.2, 0.25) is 17.7 Å². The molecular weight excluding hydrogens is 541 g/mol. The van der Waals surface area contributed by atoms with E-state index in [0.29, 0.717) is 24.9 Å². The number of nitrogens with two attached hydrogens (primary N) is 2. The van der Waals surface area contributed by atoms with Gasteiger partial charge < -0.3 is 25.2 Å². The molecule has 3 amide bonds. The molecular formula is C20H27F3N6O8S. The number of alkyl halides is 3. The van der Waals surface area contributed by atoms with E-state index < -0.39 is 39.6 Å². The van der Waals surface area contributed by atoms with E-state index in [1.54, 1.807) is 24.3 Å². The van der Waals surface area contributed by atoms with Crippen LogP contribution in [0.3, 0.4) is 0 Å². The van der Waals surface area contributed by atoms with Gasteiger partial charge in [-0.3, -0.25) is 30.8 Å². The van der Waals surface area contributed by atoms with Crippen LogP contribution in [-0.4, -0.2) is 73.9 Å². The van der Waals surface area contributed by atoms with E-state index in [1.165, 1.54) is 7.11 Å². The van der Waals surface area contributed by atoms with Gasteiger partial charge in [0.25, 0.3) is 0 Å². The van der Waals surface area contributed by atoms with Crippen molar-refractivity contribution < 1.29 is 55.0 Å². The maximum Gasteiger partial charge on any atom is 0.485 e. The molecule has 1 saturated heterocycles. The van der Waals surface area contributed by atoms with Gasteiger partial charge in [-0.15, -0.1) is 0 Å². The van der Waals surface area contributed by atoms with Gasteiger partial charge in [0.15, 0.2) is 10.1 Å². The molecule has 212 valence electrons. The summed E-state index contributed by atoms with van der Waals surface area (Å²) in [5.41, 5.74) is 6.11. The number of halogens is 3. The Bertz CT molecular complexity index is 1140. The second kappa shape index (κ2) is 14.1.